The van der Waals surface area contributed by atoms with Crippen molar-refractivity contribution < 1.29 is 9.90 Å². The van der Waals surface area contributed by atoms with Crippen molar-refractivity contribution in [3.8, 4) is 0 Å². The van der Waals surface area contributed by atoms with Crippen molar-refractivity contribution in [2.24, 2.45) is 0 Å². The van der Waals surface area contributed by atoms with E-state index in [2.05, 4.69) is 42.2 Å². The number of hydrogen-bond donors (Lipinski definition) is 3. The molecule has 4 nitrogen and oxygen atoms in total. The van der Waals surface area contributed by atoms with Crippen LogP contribution in [0.5, 0.6) is 0 Å². The summed E-state index contributed by atoms with van der Waals surface area (Å²) < 4.78 is 1.91. The van der Waals surface area contributed by atoms with Gasteiger partial charge in [0.1, 0.15) is 6.04 Å². The summed E-state index contributed by atoms with van der Waals surface area (Å²) in [6, 6.07) is 13.2. The van der Waals surface area contributed by atoms with Crippen LogP contribution in [0.15, 0.2) is 51.4 Å². The van der Waals surface area contributed by atoms with Gasteiger partial charge in [-0.15, -0.1) is 0 Å². The maximum atomic E-state index is 11.6. The molecule has 0 saturated heterocycles. The SMILES string of the molecule is O=C(O)C1Cc2c([nH]c3ccccc23)C(c2ccc(Br)c(Br)c2)N1. The lowest BCUT2D eigenvalue weighted by Crippen LogP contribution is -2.44. The quantitative estimate of drug-likeness (QED) is 0.543. The highest BCUT2D eigenvalue weighted by Crippen LogP contribution is 2.36. The molecule has 4 rings (SSSR count). The lowest BCUT2D eigenvalue weighted by atomic mass is 9.90. The number of aromatic amines is 1. The van der Waals surface area contributed by atoms with Gasteiger partial charge in [-0.05, 0) is 61.2 Å². The summed E-state index contributed by atoms with van der Waals surface area (Å²) >= 11 is 7.01. The van der Waals surface area contributed by atoms with Crippen molar-refractivity contribution in [3.63, 3.8) is 0 Å². The average molecular weight is 450 g/mol. The van der Waals surface area contributed by atoms with Crippen LogP contribution >= 0.6 is 31.9 Å². The van der Waals surface area contributed by atoms with Gasteiger partial charge in [0, 0.05) is 32.0 Å². The van der Waals surface area contributed by atoms with E-state index in [1.165, 1.54) is 0 Å². The van der Waals surface area contributed by atoms with Crippen molar-refractivity contribution in [1.29, 1.82) is 0 Å². The predicted octanol–water partition coefficient (Wildman–Crippen LogP) is 4.38. The second-order valence-electron chi connectivity index (χ2n) is 5.93. The number of carbonyl (C=O) groups is 1. The number of H-pyrrole nitrogens is 1. The van der Waals surface area contributed by atoms with Crippen LogP contribution < -0.4 is 5.32 Å². The van der Waals surface area contributed by atoms with Crippen LogP contribution in [-0.4, -0.2) is 22.1 Å². The van der Waals surface area contributed by atoms with Gasteiger partial charge < -0.3 is 10.1 Å². The Morgan fingerprint density at radius 2 is 1.92 bits per heavy atom. The first-order chi connectivity index (χ1) is 11.5. The van der Waals surface area contributed by atoms with E-state index in [1.807, 2.05) is 42.5 Å². The van der Waals surface area contributed by atoms with E-state index in [0.29, 0.717) is 6.42 Å². The lowest BCUT2D eigenvalue weighted by molar-refractivity contribution is -0.139. The highest BCUT2D eigenvalue weighted by atomic mass is 79.9. The molecule has 0 saturated carbocycles. The average Bonchev–Trinajstić information content (AvgIpc) is 2.95. The number of aromatic nitrogens is 1. The summed E-state index contributed by atoms with van der Waals surface area (Å²) in [7, 11) is 0. The van der Waals surface area contributed by atoms with Gasteiger partial charge in [0.15, 0.2) is 0 Å². The minimum Gasteiger partial charge on any atom is -0.480 e. The van der Waals surface area contributed by atoms with Crippen molar-refractivity contribution in [2.75, 3.05) is 0 Å². The maximum absolute atomic E-state index is 11.6. The number of aliphatic carboxylic acids is 1. The van der Waals surface area contributed by atoms with Gasteiger partial charge in [-0.2, -0.15) is 0 Å². The fourth-order valence-corrected chi connectivity index (χ4v) is 3.99. The number of carboxylic acid groups (broad SMARTS) is 1. The molecule has 0 amide bonds. The number of benzene rings is 2. The van der Waals surface area contributed by atoms with Crippen molar-refractivity contribution >= 4 is 48.7 Å². The molecular formula is C18H14Br2N2O2. The molecule has 2 heterocycles. The zero-order valence-corrected chi connectivity index (χ0v) is 15.7. The topological polar surface area (TPSA) is 65.1 Å². The zero-order chi connectivity index (χ0) is 16.8. The molecule has 2 atom stereocenters. The van der Waals surface area contributed by atoms with Gasteiger partial charge in [0.2, 0.25) is 0 Å². The first-order valence-electron chi connectivity index (χ1n) is 7.58. The minimum atomic E-state index is -0.827. The summed E-state index contributed by atoms with van der Waals surface area (Å²) in [6.45, 7) is 0. The number of halogens is 2. The number of fused-ring (bicyclic) bond motifs is 3. The maximum Gasteiger partial charge on any atom is 0.321 e. The molecule has 0 bridgehead atoms. The number of carboxylic acids is 1. The molecule has 1 aromatic heterocycles. The third kappa shape index (κ3) is 2.59. The van der Waals surface area contributed by atoms with Gasteiger partial charge in [0.25, 0.3) is 0 Å². The van der Waals surface area contributed by atoms with Crippen LogP contribution in [0, 0.1) is 0 Å². The largest absolute Gasteiger partial charge is 0.480 e. The molecule has 1 aliphatic rings. The summed E-state index contributed by atoms with van der Waals surface area (Å²) in [5.74, 6) is -0.827. The molecule has 3 aromatic rings. The third-order valence-electron chi connectivity index (χ3n) is 4.49. The van der Waals surface area contributed by atoms with Gasteiger partial charge >= 0.3 is 5.97 Å². The Hall–Kier alpha value is -1.63. The standard InChI is InChI=1S/C18H14Br2N2O2/c19-12-6-5-9(7-13(12)20)16-17-11(8-15(22-16)18(23)24)10-3-1-2-4-14(10)21-17/h1-7,15-16,21-22H,8H2,(H,23,24). The van der Waals surface area contributed by atoms with Gasteiger partial charge in [-0.1, -0.05) is 24.3 Å². The molecule has 24 heavy (non-hydrogen) atoms. The molecule has 0 spiro atoms. The Labute approximate surface area is 155 Å². The molecule has 3 N–H and O–H groups in total. The Morgan fingerprint density at radius 3 is 2.67 bits per heavy atom. The molecule has 1 aliphatic heterocycles. The highest BCUT2D eigenvalue weighted by Gasteiger charge is 2.33. The fraction of sp³-hybridized carbons (Fsp3) is 0.167. The Bertz CT molecular complexity index is 951. The van der Waals surface area contributed by atoms with Crippen molar-refractivity contribution in [1.82, 2.24) is 10.3 Å². The minimum absolute atomic E-state index is 0.188. The van der Waals surface area contributed by atoms with Crippen LogP contribution in [0.1, 0.15) is 22.9 Å². The van der Waals surface area contributed by atoms with Crippen LogP contribution in [0.25, 0.3) is 10.9 Å². The first kappa shape index (κ1) is 15.9. The van der Waals surface area contributed by atoms with E-state index in [1.54, 1.807) is 0 Å². The van der Waals surface area contributed by atoms with E-state index in [-0.39, 0.29) is 6.04 Å². The number of rotatable bonds is 2. The molecule has 6 heteroatoms. The molecule has 2 aromatic carbocycles. The Kier molecular flexibility index (Phi) is 3.98. The fourth-order valence-electron chi connectivity index (χ4n) is 3.35. The molecule has 0 fully saturated rings. The number of nitrogens with one attached hydrogen (secondary N) is 2. The first-order valence-corrected chi connectivity index (χ1v) is 9.16. The van der Waals surface area contributed by atoms with Crippen LogP contribution in [0.3, 0.4) is 0 Å². The highest BCUT2D eigenvalue weighted by molar-refractivity contribution is 9.13. The second-order valence-corrected chi connectivity index (χ2v) is 7.64. The monoisotopic (exact) mass is 448 g/mol. The van der Waals surface area contributed by atoms with E-state index in [9.17, 15) is 9.90 Å². The summed E-state index contributed by atoms with van der Waals surface area (Å²) in [6.07, 6.45) is 0.475. The number of para-hydroxylation sites is 1. The lowest BCUT2D eigenvalue weighted by Gasteiger charge is -2.29. The van der Waals surface area contributed by atoms with Crippen LogP contribution in [0.2, 0.25) is 0 Å². The Balaban J connectivity index is 1.90. The summed E-state index contributed by atoms with van der Waals surface area (Å²) in [5, 5.41) is 13.9. The smallest absolute Gasteiger partial charge is 0.321 e. The summed E-state index contributed by atoms with van der Waals surface area (Å²) in [5.41, 5.74) is 4.18. The van der Waals surface area contributed by atoms with E-state index >= 15 is 0 Å². The molecule has 0 aliphatic carbocycles. The van der Waals surface area contributed by atoms with Gasteiger partial charge in [0.05, 0.1) is 6.04 Å². The van der Waals surface area contributed by atoms with E-state index < -0.39 is 12.0 Å². The molecule has 2 unspecified atom stereocenters. The molecule has 122 valence electrons. The molecule has 0 radical (unpaired) electrons. The summed E-state index contributed by atoms with van der Waals surface area (Å²) in [4.78, 5) is 15.1. The second kappa shape index (κ2) is 6.02. The van der Waals surface area contributed by atoms with Crippen molar-refractivity contribution in [3.05, 3.63) is 68.2 Å². The van der Waals surface area contributed by atoms with E-state index in [4.69, 9.17) is 0 Å². The normalized spacial score (nSPS) is 20.1. The van der Waals surface area contributed by atoms with E-state index in [0.717, 1.165) is 36.7 Å². The van der Waals surface area contributed by atoms with Crippen LogP contribution in [0.4, 0.5) is 0 Å². The van der Waals surface area contributed by atoms with Crippen LogP contribution in [-0.2, 0) is 11.2 Å². The van der Waals surface area contributed by atoms with Crippen molar-refractivity contribution in [2.45, 2.75) is 18.5 Å². The zero-order valence-electron chi connectivity index (χ0n) is 12.5. The third-order valence-corrected chi connectivity index (χ3v) is 6.37. The number of hydrogen-bond acceptors (Lipinski definition) is 2. The predicted molar refractivity (Wildman–Crippen MR) is 100 cm³/mol. The molecular weight excluding hydrogens is 436 g/mol. The van der Waals surface area contributed by atoms with Gasteiger partial charge in [-0.25, -0.2) is 0 Å². The van der Waals surface area contributed by atoms with Gasteiger partial charge in [-0.3, -0.25) is 10.1 Å². The Morgan fingerprint density at radius 1 is 1.12 bits per heavy atom.